The Morgan fingerprint density at radius 2 is 0.793 bits per heavy atom. The lowest BCUT2D eigenvalue weighted by Gasteiger charge is -2.20. The normalized spacial score (nSPS) is 12.7. The number of carbonyl (C=O) groups is 2. The third-order valence-corrected chi connectivity index (χ3v) is 12.1. The van der Waals surface area contributed by atoms with Crippen molar-refractivity contribution in [3.8, 4) is 0 Å². The van der Waals surface area contributed by atoms with Crippen molar-refractivity contribution >= 4 is 11.9 Å². The fraction of sp³-hybridized carbons (Fsp3) is 0.923. The van der Waals surface area contributed by atoms with E-state index >= 15 is 0 Å². The van der Waals surface area contributed by atoms with E-state index in [1.165, 1.54) is 199 Å². The van der Waals surface area contributed by atoms with Gasteiger partial charge in [0, 0.05) is 12.8 Å². The van der Waals surface area contributed by atoms with Crippen LogP contribution in [0.3, 0.4) is 0 Å². The summed E-state index contributed by atoms with van der Waals surface area (Å²) in [5, 5.41) is 23.1. The highest BCUT2D eigenvalue weighted by atomic mass is 16.5. The molecule has 0 aliphatic heterocycles. The lowest BCUT2D eigenvalue weighted by Crippen LogP contribution is -2.45. The molecule has 0 saturated carbocycles. The first-order valence-corrected chi connectivity index (χ1v) is 26.0. The largest absolute Gasteiger partial charge is 0.466 e. The first-order valence-electron chi connectivity index (χ1n) is 26.0. The molecule has 58 heavy (non-hydrogen) atoms. The van der Waals surface area contributed by atoms with E-state index in [2.05, 4.69) is 19.2 Å². The average Bonchev–Trinajstić information content (AvgIpc) is 3.22. The SMILES string of the molecule is CCCCCCCCCCCCCCCC/C=C/C(O)C(CO)NC(=O)CCCCCCCCCCCCCCOC(=O)CCCCCCCCCCCCCCC. The van der Waals surface area contributed by atoms with Crippen molar-refractivity contribution in [3.05, 3.63) is 12.2 Å². The van der Waals surface area contributed by atoms with Gasteiger partial charge in [-0.05, 0) is 32.1 Å². The number of rotatable bonds is 48. The standard InChI is InChI=1S/C52H101NO5/c1-3-5-7-9-11-13-15-17-18-19-21-24-28-32-36-40-44-50(55)49(48-54)53-51(56)45-41-37-33-29-25-22-23-27-31-35-39-43-47-58-52(57)46-42-38-34-30-26-20-16-14-12-10-8-6-4-2/h40,44,49-50,54-55H,3-39,41-43,45-48H2,1-2H3,(H,53,56)/b44-40+. The van der Waals surface area contributed by atoms with Gasteiger partial charge in [-0.25, -0.2) is 0 Å². The lowest BCUT2D eigenvalue weighted by atomic mass is 10.0. The van der Waals surface area contributed by atoms with Crippen molar-refractivity contribution in [3.63, 3.8) is 0 Å². The molecule has 2 unspecified atom stereocenters. The first-order chi connectivity index (χ1) is 28.5. The van der Waals surface area contributed by atoms with Crippen LogP contribution in [0.25, 0.3) is 0 Å². The number of hydrogen-bond acceptors (Lipinski definition) is 5. The van der Waals surface area contributed by atoms with Crippen molar-refractivity contribution in [2.45, 2.75) is 296 Å². The van der Waals surface area contributed by atoms with Crippen molar-refractivity contribution in [2.75, 3.05) is 13.2 Å². The van der Waals surface area contributed by atoms with Crippen molar-refractivity contribution in [2.24, 2.45) is 0 Å². The summed E-state index contributed by atoms with van der Waals surface area (Å²) in [6, 6.07) is -0.638. The molecule has 1 amide bonds. The number of unbranched alkanes of at least 4 members (excludes halogenated alkanes) is 37. The number of ether oxygens (including phenoxy) is 1. The maximum absolute atomic E-state index is 12.4. The Morgan fingerprint density at radius 3 is 1.17 bits per heavy atom. The topological polar surface area (TPSA) is 95.9 Å². The maximum Gasteiger partial charge on any atom is 0.305 e. The number of nitrogens with one attached hydrogen (secondary N) is 1. The molecule has 0 aromatic carbocycles. The van der Waals surface area contributed by atoms with Gasteiger partial charge in [-0.15, -0.1) is 0 Å². The first kappa shape index (κ1) is 56.6. The number of allylic oxidation sites excluding steroid dienone is 1. The van der Waals surface area contributed by atoms with Gasteiger partial charge in [0.1, 0.15) is 0 Å². The predicted molar refractivity (Wildman–Crippen MR) is 250 cm³/mol. The van der Waals surface area contributed by atoms with Gasteiger partial charge in [-0.3, -0.25) is 9.59 Å². The fourth-order valence-electron chi connectivity index (χ4n) is 8.05. The van der Waals surface area contributed by atoms with Crippen LogP contribution in [0.4, 0.5) is 0 Å². The Kier molecular flexibility index (Phi) is 47.1. The van der Waals surface area contributed by atoms with Crippen LogP contribution < -0.4 is 5.32 Å². The third-order valence-electron chi connectivity index (χ3n) is 12.1. The zero-order chi connectivity index (χ0) is 42.3. The summed E-state index contributed by atoms with van der Waals surface area (Å²) in [5.41, 5.74) is 0. The Bertz CT molecular complexity index is 863. The Hall–Kier alpha value is -1.40. The summed E-state index contributed by atoms with van der Waals surface area (Å²) in [7, 11) is 0. The summed E-state index contributed by atoms with van der Waals surface area (Å²) in [5.74, 6) is -0.0909. The molecule has 0 aromatic rings. The van der Waals surface area contributed by atoms with Crippen LogP contribution in [-0.4, -0.2) is 47.4 Å². The minimum atomic E-state index is -0.853. The highest BCUT2D eigenvalue weighted by Crippen LogP contribution is 2.16. The molecule has 6 heteroatoms. The van der Waals surface area contributed by atoms with E-state index in [-0.39, 0.29) is 18.5 Å². The summed E-state index contributed by atoms with van der Waals surface area (Å²) in [4.78, 5) is 24.4. The molecule has 0 radical (unpaired) electrons. The van der Waals surface area contributed by atoms with Crippen LogP contribution >= 0.6 is 0 Å². The van der Waals surface area contributed by atoms with Crippen LogP contribution in [0.5, 0.6) is 0 Å². The Balaban J connectivity index is 3.49. The molecule has 0 aliphatic carbocycles. The van der Waals surface area contributed by atoms with Gasteiger partial charge in [0.2, 0.25) is 5.91 Å². The van der Waals surface area contributed by atoms with Crippen LogP contribution in [0.2, 0.25) is 0 Å². The van der Waals surface area contributed by atoms with E-state index < -0.39 is 12.1 Å². The molecule has 0 fully saturated rings. The van der Waals surface area contributed by atoms with E-state index in [0.29, 0.717) is 19.4 Å². The quantitative estimate of drug-likeness (QED) is 0.0323. The molecule has 0 saturated heterocycles. The molecule has 0 aliphatic rings. The van der Waals surface area contributed by atoms with Gasteiger partial charge < -0.3 is 20.3 Å². The van der Waals surface area contributed by atoms with Crippen molar-refractivity contribution < 1.29 is 24.5 Å². The molecule has 6 nitrogen and oxygen atoms in total. The van der Waals surface area contributed by atoms with Crippen LogP contribution in [0, 0.1) is 0 Å². The third kappa shape index (κ3) is 44.2. The molecule has 0 heterocycles. The molecule has 0 rings (SSSR count). The highest BCUT2D eigenvalue weighted by Gasteiger charge is 2.18. The van der Waals surface area contributed by atoms with E-state index in [4.69, 9.17) is 4.74 Å². The molecule has 344 valence electrons. The second-order valence-electron chi connectivity index (χ2n) is 17.9. The van der Waals surface area contributed by atoms with Crippen LogP contribution in [0.1, 0.15) is 284 Å². The van der Waals surface area contributed by atoms with E-state index in [0.717, 1.165) is 57.8 Å². The van der Waals surface area contributed by atoms with E-state index in [1.54, 1.807) is 6.08 Å². The zero-order valence-corrected chi connectivity index (χ0v) is 39.0. The Labute approximate surface area is 361 Å². The lowest BCUT2D eigenvalue weighted by molar-refractivity contribution is -0.143. The molecular weight excluding hydrogens is 719 g/mol. The summed E-state index contributed by atoms with van der Waals surface area (Å²) < 4.78 is 5.45. The molecule has 0 aromatic heterocycles. The molecule has 0 spiro atoms. The van der Waals surface area contributed by atoms with Crippen molar-refractivity contribution in [1.82, 2.24) is 5.32 Å². The highest BCUT2D eigenvalue weighted by molar-refractivity contribution is 5.76. The zero-order valence-electron chi connectivity index (χ0n) is 39.0. The second kappa shape index (κ2) is 48.3. The van der Waals surface area contributed by atoms with Gasteiger partial charge in [0.25, 0.3) is 0 Å². The van der Waals surface area contributed by atoms with Crippen LogP contribution in [0.15, 0.2) is 12.2 Å². The summed E-state index contributed by atoms with van der Waals surface area (Å²) in [6.07, 6.45) is 54.9. The smallest absolute Gasteiger partial charge is 0.305 e. The summed E-state index contributed by atoms with van der Waals surface area (Å²) in [6.45, 7) is 4.88. The monoisotopic (exact) mass is 820 g/mol. The van der Waals surface area contributed by atoms with Gasteiger partial charge in [0.15, 0.2) is 0 Å². The van der Waals surface area contributed by atoms with E-state index in [1.807, 2.05) is 6.08 Å². The Morgan fingerprint density at radius 1 is 0.466 bits per heavy atom. The summed E-state index contributed by atoms with van der Waals surface area (Å²) >= 11 is 0. The molecule has 3 N–H and O–H groups in total. The van der Waals surface area contributed by atoms with Gasteiger partial charge >= 0.3 is 5.97 Å². The molecule has 2 atom stereocenters. The van der Waals surface area contributed by atoms with Gasteiger partial charge in [0.05, 0.1) is 25.4 Å². The van der Waals surface area contributed by atoms with E-state index in [9.17, 15) is 19.8 Å². The minimum Gasteiger partial charge on any atom is -0.466 e. The molecular formula is C52H101NO5. The number of aliphatic hydroxyl groups excluding tert-OH is 2. The maximum atomic E-state index is 12.4. The van der Waals surface area contributed by atoms with Crippen molar-refractivity contribution in [1.29, 1.82) is 0 Å². The number of esters is 1. The average molecular weight is 820 g/mol. The second-order valence-corrected chi connectivity index (χ2v) is 17.9. The van der Waals surface area contributed by atoms with Crippen LogP contribution in [-0.2, 0) is 14.3 Å². The minimum absolute atomic E-state index is 0.00906. The molecule has 0 bridgehead atoms. The fourth-order valence-corrected chi connectivity index (χ4v) is 8.05. The number of carbonyl (C=O) groups excluding carboxylic acids is 2. The number of aliphatic hydroxyl groups is 2. The number of amides is 1. The van der Waals surface area contributed by atoms with Gasteiger partial charge in [-0.2, -0.15) is 0 Å². The predicted octanol–water partition coefficient (Wildman–Crippen LogP) is 15.3. The number of hydrogen-bond donors (Lipinski definition) is 3. The van der Waals surface area contributed by atoms with Gasteiger partial charge in [-0.1, -0.05) is 251 Å².